The van der Waals surface area contributed by atoms with Gasteiger partial charge in [-0.3, -0.25) is 4.79 Å². The minimum atomic E-state index is -0.826. The van der Waals surface area contributed by atoms with Gasteiger partial charge in [-0.05, 0) is 61.0 Å². The number of aryl methyl sites for hydroxylation is 1. The van der Waals surface area contributed by atoms with Gasteiger partial charge in [-0.25, -0.2) is 4.79 Å². The smallest absolute Gasteiger partial charge is 0.404 e. The van der Waals surface area contributed by atoms with Crippen LogP contribution in [0.2, 0.25) is 0 Å². The number of nitro groups is 1. The molecule has 0 aromatic carbocycles. The maximum Gasteiger partial charge on any atom is 0.404 e. The van der Waals surface area contributed by atoms with Crippen LogP contribution in [0.15, 0.2) is 4.47 Å². The average molecular weight is 459 g/mol. The van der Waals surface area contributed by atoms with Crippen molar-refractivity contribution in [3.05, 3.63) is 36.3 Å². The van der Waals surface area contributed by atoms with Gasteiger partial charge in [0.25, 0.3) is 5.91 Å². The number of carbonyl (C=O) groups is 2. The van der Waals surface area contributed by atoms with E-state index in [0.29, 0.717) is 16.3 Å². The fourth-order valence-electron chi connectivity index (χ4n) is 2.47. The van der Waals surface area contributed by atoms with E-state index in [2.05, 4.69) is 26.3 Å². The summed E-state index contributed by atoms with van der Waals surface area (Å²) in [4.78, 5) is 36.2. The van der Waals surface area contributed by atoms with Crippen LogP contribution >= 0.6 is 27.3 Å². The van der Waals surface area contributed by atoms with Crippen LogP contribution in [0.25, 0.3) is 0 Å². The minimum Gasteiger partial charge on any atom is -0.462 e. The summed E-state index contributed by atoms with van der Waals surface area (Å²) in [7, 11) is 0. The number of ether oxygens (including phenoxy) is 1. The van der Waals surface area contributed by atoms with E-state index in [4.69, 9.17) is 4.74 Å². The van der Waals surface area contributed by atoms with E-state index in [1.54, 1.807) is 27.7 Å². The Kier molecular flexibility index (Phi) is 6.37. The first-order chi connectivity index (χ1) is 12.6. The lowest BCUT2D eigenvalue weighted by Gasteiger charge is -2.12. The molecule has 146 valence electrons. The Balaban J connectivity index is 2.33. The maximum absolute atomic E-state index is 12.7. The fourth-order valence-corrected chi connectivity index (χ4v) is 3.93. The molecular formula is C16H19BrN4O5S. The first-order valence-electron chi connectivity index (χ1n) is 8.07. The molecule has 0 aliphatic carbocycles. The Labute approximate surface area is 168 Å². The number of carbonyl (C=O) groups excluding carboxylic acids is 2. The van der Waals surface area contributed by atoms with Gasteiger partial charge in [-0.1, -0.05) is 0 Å². The van der Waals surface area contributed by atoms with Gasteiger partial charge in [0.05, 0.1) is 23.0 Å². The van der Waals surface area contributed by atoms with Crippen molar-refractivity contribution in [3.63, 3.8) is 0 Å². The summed E-state index contributed by atoms with van der Waals surface area (Å²) in [6, 6.07) is -0.826. The van der Waals surface area contributed by atoms with Crippen molar-refractivity contribution in [2.45, 2.75) is 40.7 Å². The van der Waals surface area contributed by atoms with Crippen LogP contribution in [0.3, 0.4) is 0 Å². The Morgan fingerprint density at radius 1 is 1.41 bits per heavy atom. The van der Waals surface area contributed by atoms with Gasteiger partial charge in [0.2, 0.25) is 0 Å². The molecule has 1 N–H and O–H groups in total. The second-order valence-electron chi connectivity index (χ2n) is 5.80. The molecule has 1 atom stereocenters. The van der Waals surface area contributed by atoms with E-state index < -0.39 is 22.8 Å². The van der Waals surface area contributed by atoms with E-state index in [-0.39, 0.29) is 16.9 Å². The van der Waals surface area contributed by atoms with E-state index >= 15 is 0 Å². The van der Waals surface area contributed by atoms with E-state index in [1.165, 1.54) is 16.0 Å². The summed E-state index contributed by atoms with van der Waals surface area (Å²) in [5, 5.41) is 18.1. The lowest BCUT2D eigenvalue weighted by molar-refractivity contribution is -0.390. The van der Waals surface area contributed by atoms with Gasteiger partial charge in [0.15, 0.2) is 0 Å². The van der Waals surface area contributed by atoms with E-state index in [0.717, 1.165) is 10.4 Å². The minimum absolute atomic E-state index is 0.223. The maximum atomic E-state index is 12.7. The number of rotatable bonds is 6. The molecule has 0 fully saturated rings. The van der Waals surface area contributed by atoms with Gasteiger partial charge in [0.1, 0.15) is 15.5 Å². The number of nitrogens with zero attached hydrogens (tertiary/aromatic N) is 3. The van der Waals surface area contributed by atoms with Crippen LogP contribution < -0.4 is 5.32 Å². The van der Waals surface area contributed by atoms with Gasteiger partial charge in [-0.2, -0.15) is 4.68 Å². The highest BCUT2D eigenvalue weighted by Gasteiger charge is 2.30. The van der Waals surface area contributed by atoms with Crippen LogP contribution in [0.1, 0.15) is 46.4 Å². The Bertz CT molecular complexity index is 921. The number of halogens is 1. The average Bonchev–Trinajstić information content (AvgIpc) is 3.04. The highest BCUT2D eigenvalue weighted by atomic mass is 79.9. The zero-order valence-electron chi connectivity index (χ0n) is 15.5. The molecule has 0 radical (unpaired) electrons. The van der Waals surface area contributed by atoms with E-state index in [1.807, 2.05) is 6.92 Å². The summed E-state index contributed by atoms with van der Waals surface area (Å²) < 4.78 is 6.57. The molecule has 2 aromatic heterocycles. The quantitative estimate of drug-likeness (QED) is 0.398. The topological polar surface area (TPSA) is 116 Å². The van der Waals surface area contributed by atoms with Crippen molar-refractivity contribution in [2.24, 2.45) is 0 Å². The standard InChI is InChI=1S/C16H19BrN4O5S/c1-6-26-16(23)11-7(2)10(5)27-15(11)18-14(22)9(4)20-8(3)12(17)13(19-20)21(24)25/h9H,6H2,1-5H3,(H,18,22). The molecule has 2 aromatic rings. The van der Waals surface area contributed by atoms with Crippen molar-refractivity contribution >= 4 is 50.0 Å². The Morgan fingerprint density at radius 2 is 2.04 bits per heavy atom. The lowest BCUT2D eigenvalue weighted by atomic mass is 10.1. The summed E-state index contributed by atoms with van der Waals surface area (Å²) in [5.74, 6) is -1.31. The van der Waals surface area contributed by atoms with E-state index in [9.17, 15) is 19.7 Å². The normalized spacial score (nSPS) is 11.9. The molecule has 1 amide bonds. The first kappa shape index (κ1) is 21.0. The molecule has 0 spiro atoms. The fraction of sp³-hybridized carbons (Fsp3) is 0.438. The third-order valence-corrected chi connectivity index (χ3v) is 6.13. The number of anilines is 1. The molecule has 2 heterocycles. The van der Waals surface area contributed by atoms with Crippen LogP contribution in [0, 0.1) is 30.9 Å². The van der Waals surface area contributed by atoms with Crippen LogP contribution in [0.5, 0.6) is 0 Å². The molecule has 11 heteroatoms. The first-order valence-corrected chi connectivity index (χ1v) is 9.68. The van der Waals surface area contributed by atoms with Gasteiger partial charge in [-0.15, -0.1) is 11.3 Å². The number of aromatic nitrogens is 2. The number of thiophene rings is 1. The second-order valence-corrected chi connectivity index (χ2v) is 7.82. The zero-order chi connectivity index (χ0) is 20.5. The molecule has 0 aliphatic heterocycles. The van der Waals surface area contributed by atoms with Crippen molar-refractivity contribution in [2.75, 3.05) is 11.9 Å². The second kappa shape index (κ2) is 8.17. The molecular weight excluding hydrogens is 440 g/mol. The predicted octanol–water partition coefficient (Wildman–Crippen LogP) is 3.92. The third kappa shape index (κ3) is 4.03. The summed E-state index contributed by atoms with van der Waals surface area (Å²) in [6.45, 7) is 8.76. The lowest BCUT2D eigenvalue weighted by Crippen LogP contribution is -2.25. The van der Waals surface area contributed by atoms with Crippen molar-refractivity contribution in [1.82, 2.24) is 9.78 Å². The third-order valence-electron chi connectivity index (χ3n) is 4.08. The number of nitrogens with one attached hydrogen (secondary N) is 1. The van der Waals surface area contributed by atoms with Crippen molar-refractivity contribution in [3.8, 4) is 0 Å². The summed E-state index contributed by atoms with van der Waals surface area (Å²) in [5.41, 5.74) is 1.52. The van der Waals surface area contributed by atoms with Gasteiger partial charge in [0, 0.05) is 4.88 Å². The molecule has 0 saturated carbocycles. The molecule has 0 aliphatic rings. The van der Waals surface area contributed by atoms with Crippen molar-refractivity contribution in [1.29, 1.82) is 0 Å². The molecule has 0 saturated heterocycles. The van der Waals surface area contributed by atoms with Crippen LogP contribution in [-0.4, -0.2) is 33.2 Å². The molecule has 1 unspecified atom stereocenters. The number of esters is 1. The molecule has 27 heavy (non-hydrogen) atoms. The molecule has 9 nitrogen and oxygen atoms in total. The largest absolute Gasteiger partial charge is 0.462 e. The number of hydrogen-bond acceptors (Lipinski definition) is 7. The molecule has 2 rings (SSSR count). The SMILES string of the molecule is CCOC(=O)c1c(NC(=O)C(C)n2nc([N+](=O)[O-])c(Br)c2C)sc(C)c1C. The summed E-state index contributed by atoms with van der Waals surface area (Å²) in [6.07, 6.45) is 0. The monoisotopic (exact) mass is 458 g/mol. The highest BCUT2D eigenvalue weighted by Crippen LogP contribution is 2.34. The summed E-state index contributed by atoms with van der Waals surface area (Å²) >= 11 is 4.40. The van der Waals surface area contributed by atoms with Gasteiger partial charge >= 0.3 is 11.8 Å². The number of hydrogen-bond donors (Lipinski definition) is 1. The van der Waals surface area contributed by atoms with Gasteiger partial charge < -0.3 is 20.2 Å². The number of amides is 1. The Morgan fingerprint density at radius 3 is 2.56 bits per heavy atom. The predicted molar refractivity (Wildman–Crippen MR) is 104 cm³/mol. The van der Waals surface area contributed by atoms with Crippen LogP contribution in [-0.2, 0) is 9.53 Å². The van der Waals surface area contributed by atoms with Crippen molar-refractivity contribution < 1.29 is 19.2 Å². The van der Waals surface area contributed by atoms with Crippen LogP contribution in [0.4, 0.5) is 10.8 Å². The highest BCUT2D eigenvalue weighted by molar-refractivity contribution is 9.10. The Hall–Kier alpha value is -2.27. The molecule has 0 bridgehead atoms. The zero-order valence-corrected chi connectivity index (χ0v) is 17.9.